The summed E-state index contributed by atoms with van der Waals surface area (Å²) < 4.78 is 79.3. The fourth-order valence-corrected chi connectivity index (χ4v) is 3.65. The molecule has 1 unspecified atom stereocenters. The van der Waals surface area contributed by atoms with Gasteiger partial charge in [0.25, 0.3) is 0 Å². The van der Waals surface area contributed by atoms with Crippen molar-refractivity contribution in [3.05, 3.63) is 75.2 Å². The highest BCUT2D eigenvalue weighted by Gasteiger charge is 2.34. The van der Waals surface area contributed by atoms with Crippen molar-refractivity contribution in [3.63, 3.8) is 0 Å². The molecule has 200 valence electrons. The summed E-state index contributed by atoms with van der Waals surface area (Å²) in [7, 11) is 0. The number of aliphatic hydroxyl groups is 1. The first-order chi connectivity index (χ1) is 17.1. The zero-order chi connectivity index (χ0) is 27.6. The molecule has 0 spiro atoms. The van der Waals surface area contributed by atoms with E-state index in [9.17, 15) is 41.0 Å². The summed E-state index contributed by atoms with van der Waals surface area (Å²) in [6.07, 6.45) is -10.6. The average molecular weight is 551 g/mol. The molecule has 2 aromatic carbocycles. The predicted molar refractivity (Wildman–Crippen MR) is 122 cm³/mol. The van der Waals surface area contributed by atoms with Crippen LogP contribution < -0.4 is 11.0 Å². The van der Waals surface area contributed by atoms with Gasteiger partial charge in [0.1, 0.15) is 6.54 Å². The van der Waals surface area contributed by atoms with Gasteiger partial charge in [-0.05, 0) is 48.9 Å². The second kappa shape index (κ2) is 10.6. The molecule has 0 aliphatic heterocycles. The minimum atomic E-state index is -4.66. The van der Waals surface area contributed by atoms with Gasteiger partial charge in [0.2, 0.25) is 5.91 Å². The maximum atomic E-state index is 13.1. The molecular formula is C23H21ClF6N4O3. The summed E-state index contributed by atoms with van der Waals surface area (Å²) in [5.74, 6) is -1.05. The minimum absolute atomic E-state index is 0.0527. The third-order valence-corrected chi connectivity index (χ3v) is 5.75. The molecule has 2 N–H and O–H groups in total. The van der Waals surface area contributed by atoms with Crippen LogP contribution in [0.25, 0.3) is 11.4 Å². The van der Waals surface area contributed by atoms with Crippen molar-refractivity contribution in [2.75, 3.05) is 6.61 Å². The highest BCUT2D eigenvalue weighted by atomic mass is 35.5. The van der Waals surface area contributed by atoms with E-state index in [1.54, 1.807) is 0 Å². The highest BCUT2D eigenvalue weighted by molar-refractivity contribution is 6.30. The monoisotopic (exact) mass is 550 g/mol. The zero-order valence-electron chi connectivity index (χ0n) is 19.2. The number of alkyl halides is 6. The number of benzene rings is 2. The number of amides is 1. The van der Waals surface area contributed by atoms with E-state index in [1.165, 1.54) is 37.3 Å². The molecule has 0 fully saturated rings. The molecule has 37 heavy (non-hydrogen) atoms. The van der Waals surface area contributed by atoms with Gasteiger partial charge in [0.05, 0.1) is 24.1 Å². The third-order valence-electron chi connectivity index (χ3n) is 5.50. The Morgan fingerprint density at radius 1 is 1.05 bits per heavy atom. The van der Waals surface area contributed by atoms with Crippen molar-refractivity contribution in [1.82, 2.24) is 19.7 Å². The SMILES string of the molecule is CC(CO)(NC(=O)Cn1nc(-c2ccc(Cl)cc2)n(CCC(F)(F)F)c1=O)c1cccc(C(F)(F)F)c1. The summed E-state index contributed by atoms with van der Waals surface area (Å²) in [6, 6.07) is 9.77. The molecule has 14 heteroatoms. The van der Waals surface area contributed by atoms with Crippen LogP contribution in [-0.4, -0.2) is 38.1 Å². The van der Waals surface area contributed by atoms with E-state index in [0.717, 1.165) is 22.8 Å². The topological polar surface area (TPSA) is 89.2 Å². The lowest BCUT2D eigenvalue weighted by molar-refractivity contribution is -0.138. The summed E-state index contributed by atoms with van der Waals surface area (Å²) in [4.78, 5) is 25.6. The summed E-state index contributed by atoms with van der Waals surface area (Å²) in [5.41, 5.74) is -3.45. The standard InChI is InChI=1S/C23H21ClF6N4O3/c1-21(13-35,15-3-2-4-16(11-15)23(28,29)30)31-18(36)12-34-20(37)33(10-9-22(25,26)27)19(32-34)14-5-7-17(24)8-6-14/h2-8,11,35H,9-10,12-13H2,1H3,(H,31,36). The van der Waals surface area contributed by atoms with Crippen molar-refractivity contribution in [3.8, 4) is 11.4 Å². The van der Waals surface area contributed by atoms with Crippen LogP contribution in [0, 0.1) is 0 Å². The van der Waals surface area contributed by atoms with E-state index in [2.05, 4.69) is 10.4 Å². The molecule has 0 saturated carbocycles. The van der Waals surface area contributed by atoms with E-state index in [4.69, 9.17) is 11.6 Å². The van der Waals surface area contributed by atoms with E-state index in [-0.39, 0.29) is 17.0 Å². The number of hydrogen-bond donors (Lipinski definition) is 2. The molecule has 0 radical (unpaired) electrons. The average Bonchev–Trinajstić information content (AvgIpc) is 3.12. The number of aliphatic hydroxyl groups excluding tert-OH is 1. The van der Waals surface area contributed by atoms with Crippen molar-refractivity contribution < 1.29 is 36.2 Å². The van der Waals surface area contributed by atoms with E-state index >= 15 is 0 Å². The molecule has 0 aliphatic carbocycles. The summed E-state index contributed by atoms with van der Waals surface area (Å²) >= 11 is 5.85. The van der Waals surface area contributed by atoms with Crippen LogP contribution in [-0.2, 0) is 29.6 Å². The van der Waals surface area contributed by atoms with Crippen molar-refractivity contribution >= 4 is 17.5 Å². The number of carbonyl (C=O) groups excluding carboxylic acids is 1. The smallest absolute Gasteiger partial charge is 0.394 e. The Hall–Kier alpha value is -3.32. The molecule has 3 rings (SSSR count). The number of rotatable bonds is 8. The van der Waals surface area contributed by atoms with Gasteiger partial charge >= 0.3 is 18.0 Å². The first-order valence-corrected chi connectivity index (χ1v) is 11.1. The van der Waals surface area contributed by atoms with Crippen LogP contribution in [0.15, 0.2) is 53.3 Å². The van der Waals surface area contributed by atoms with E-state index in [0.29, 0.717) is 9.70 Å². The van der Waals surface area contributed by atoms with E-state index < -0.39 is 61.2 Å². The van der Waals surface area contributed by atoms with Crippen molar-refractivity contribution in [2.24, 2.45) is 0 Å². The number of aromatic nitrogens is 3. The molecule has 0 aliphatic rings. The lowest BCUT2D eigenvalue weighted by Gasteiger charge is -2.30. The molecule has 7 nitrogen and oxygen atoms in total. The largest absolute Gasteiger partial charge is 0.416 e. The fourth-order valence-electron chi connectivity index (χ4n) is 3.52. The Labute approximate surface area is 211 Å². The first kappa shape index (κ1) is 28.3. The Balaban J connectivity index is 1.91. The van der Waals surface area contributed by atoms with Crippen LogP contribution in [0.1, 0.15) is 24.5 Å². The maximum Gasteiger partial charge on any atom is 0.416 e. The Bertz CT molecular complexity index is 1320. The van der Waals surface area contributed by atoms with Gasteiger partial charge in [0.15, 0.2) is 5.82 Å². The number of halogens is 7. The van der Waals surface area contributed by atoms with E-state index in [1.807, 2.05) is 0 Å². The third kappa shape index (κ3) is 6.92. The second-order valence-electron chi connectivity index (χ2n) is 8.40. The molecular weight excluding hydrogens is 530 g/mol. The summed E-state index contributed by atoms with van der Waals surface area (Å²) in [6.45, 7) is -1.04. The number of carbonyl (C=O) groups is 1. The normalized spacial score (nSPS) is 13.9. The Morgan fingerprint density at radius 2 is 1.68 bits per heavy atom. The van der Waals surface area contributed by atoms with Gasteiger partial charge in [-0.3, -0.25) is 9.36 Å². The highest BCUT2D eigenvalue weighted by Crippen LogP contribution is 2.32. The van der Waals surface area contributed by atoms with Gasteiger partial charge in [-0.1, -0.05) is 23.7 Å². The second-order valence-corrected chi connectivity index (χ2v) is 8.84. The number of hydrogen-bond acceptors (Lipinski definition) is 4. The van der Waals surface area contributed by atoms with Gasteiger partial charge in [0, 0.05) is 17.1 Å². The lowest BCUT2D eigenvalue weighted by Crippen LogP contribution is -2.48. The van der Waals surface area contributed by atoms with Crippen LogP contribution in [0.3, 0.4) is 0 Å². The van der Waals surface area contributed by atoms with Gasteiger partial charge in [-0.25, -0.2) is 9.48 Å². The van der Waals surface area contributed by atoms with Crippen molar-refractivity contribution in [2.45, 2.75) is 44.3 Å². The summed E-state index contributed by atoms with van der Waals surface area (Å²) in [5, 5.41) is 16.6. The minimum Gasteiger partial charge on any atom is -0.394 e. The molecule has 1 heterocycles. The molecule has 1 atom stereocenters. The number of nitrogens with zero attached hydrogens (tertiary/aromatic N) is 3. The van der Waals surface area contributed by atoms with Gasteiger partial charge < -0.3 is 10.4 Å². The molecule has 0 bridgehead atoms. The Kier molecular flexibility index (Phi) is 8.08. The Morgan fingerprint density at radius 3 is 2.24 bits per heavy atom. The van der Waals surface area contributed by atoms with Gasteiger partial charge in [-0.15, -0.1) is 5.10 Å². The predicted octanol–water partition coefficient (Wildman–Crippen LogP) is 4.36. The number of nitrogens with one attached hydrogen (secondary N) is 1. The van der Waals surface area contributed by atoms with Crippen LogP contribution in [0.4, 0.5) is 26.3 Å². The molecule has 0 saturated heterocycles. The van der Waals surface area contributed by atoms with Crippen LogP contribution in [0.2, 0.25) is 5.02 Å². The van der Waals surface area contributed by atoms with Crippen LogP contribution >= 0.6 is 11.6 Å². The molecule has 3 aromatic rings. The van der Waals surface area contributed by atoms with Crippen molar-refractivity contribution in [1.29, 1.82) is 0 Å². The quantitative estimate of drug-likeness (QED) is 0.408. The molecule has 1 aromatic heterocycles. The first-order valence-electron chi connectivity index (χ1n) is 10.7. The zero-order valence-corrected chi connectivity index (χ0v) is 20.0. The lowest BCUT2D eigenvalue weighted by atomic mass is 9.91. The fraction of sp³-hybridized carbons (Fsp3) is 0.348. The van der Waals surface area contributed by atoms with Crippen LogP contribution in [0.5, 0.6) is 0 Å². The maximum absolute atomic E-state index is 13.1. The van der Waals surface area contributed by atoms with Gasteiger partial charge in [-0.2, -0.15) is 26.3 Å². The molecule has 1 amide bonds.